The van der Waals surface area contributed by atoms with Crippen molar-refractivity contribution in [2.24, 2.45) is 16.7 Å². The molecule has 2 heteroatoms. The summed E-state index contributed by atoms with van der Waals surface area (Å²) in [6.45, 7) is 14.9. The van der Waals surface area contributed by atoms with Crippen LogP contribution in [-0.4, -0.2) is 23.6 Å². The number of rotatable bonds is 4. The van der Waals surface area contributed by atoms with Gasteiger partial charge in [-0.2, -0.15) is 0 Å². The molecule has 152 valence electrons. The molecule has 1 aromatic rings. The third-order valence-corrected chi connectivity index (χ3v) is 7.25. The van der Waals surface area contributed by atoms with E-state index in [1.165, 1.54) is 44.1 Å². The highest BCUT2D eigenvalue weighted by atomic mass is 16.5. The van der Waals surface area contributed by atoms with Crippen molar-refractivity contribution in [2.45, 2.75) is 98.3 Å². The van der Waals surface area contributed by atoms with Gasteiger partial charge in [-0.15, -0.1) is 0 Å². The van der Waals surface area contributed by atoms with Crippen LogP contribution in [0.3, 0.4) is 0 Å². The van der Waals surface area contributed by atoms with Crippen molar-refractivity contribution in [1.29, 1.82) is 0 Å². The average Bonchev–Trinajstić information content (AvgIpc) is 2.54. The molecule has 3 rings (SSSR count). The summed E-state index contributed by atoms with van der Waals surface area (Å²) >= 11 is 0. The fourth-order valence-electron chi connectivity index (χ4n) is 6.03. The van der Waals surface area contributed by atoms with Crippen molar-refractivity contribution in [1.82, 2.24) is 4.90 Å². The normalized spacial score (nSPS) is 30.8. The number of ether oxygens (including phenoxy) is 1. The van der Waals surface area contributed by atoms with Crippen LogP contribution in [0.1, 0.15) is 85.6 Å². The minimum atomic E-state index is -0.139. The number of fused-ring (bicyclic) bond motifs is 1. The molecule has 2 aliphatic rings. The van der Waals surface area contributed by atoms with E-state index in [0.29, 0.717) is 16.9 Å². The first-order chi connectivity index (χ1) is 12.5. The zero-order valence-corrected chi connectivity index (χ0v) is 18.8. The molecule has 0 radical (unpaired) electrons. The van der Waals surface area contributed by atoms with Crippen LogP contribution in [0.15, 0.2) is 24.3 Å². The standard InChI is InChI=1S/C25H41NO/c1-23(2,3)27-21-12-9-19(10-13-21)18-26(7)20-11-14-22-24(4,5)15-8-16-25(22,6)17-20/h9-10,12-13,20,22H,8,11,14-18H2,1-7H3. The molecule has 0 bridgehead atoms. The lowest BCUT2D eigenvalue weighted by Gasteiger charge is -2.56. The van der Waals surface area contributed by atoms with Crippen LogP contribution in [0.4, 0.5) is 0 Å². The molecule has 3 unspecified atom stereocenters. The Labute approximate surface area is 167 Å². The highest BCUT2D eigenvalue weighted by molar-refractivity contribution is 5.27. The summed E-state index contributed by atoms with van der Waals surface area (Å²) in [5, 5.41) is 0. The molecule has 2 aliphatic carbocycles. The molecule has 3 atom stereocenters. The number of nitrogens with zero attached hydrogens (tertiary/aromatic N) is 1. The number of hydrogen-bond acceptors (Lipinski definition) is 2. The maximum atomic E-state index is 5.96. The molecule has 0 aliphatic heterocycles. The van der Waals surface area contributed by atoms with Crippen LogP contribution in [0, 0.1) is 16.7 Å². The fourth-order valence-corrected chi connectivity index (χ4v) is 6.03. The van der Waals surface area contributed by atoms with Gasteiger partial charge in [0.25, 0.3) is 0 Å². The third kappa shape index (κ3) is 4.88. The molecule has 0 heterocycles. The first kappa shape index (κ1) is 20.7. The van der Waals surface area contributed by atoms with Crippen LogP contribution < -0.4 is 4.74 Å². The van der Waals surface area contributed by atoms with Crippen LogP contribution in [-0.2, 0) is 6.54 Å². The van der Waals surface area contributed by atoms with Gasteiger partial charge >= 0.3 is 0 Å². The van der Waals surface area contributed by atoms with E-state index in [2.05, 4.69) is 77.8 Å². The summed E-state index contributed by atoms with van der Waals surface area (Å²) in [5.74, 6) is 1.86. The van der Waals surface area contributed by atoms with E-state index in [9.17, 15) is 0 Å². The highest BCUT2D eigenvalue weighted by Gasteiger charge is 2.49. The molecular weight excluding hydrogens is 330 g/mol. The maximum Gasteiger partial charge on any atom is 0.120 e. The summed E-state index contributed by atoms with van der Waals surface area (Å²) in [7, 11) is 2.32. The molecular formula is C25H41NO. The van der Waals surface area contributed by atoms with Crippen molar-refractivity contribution < 1.29 is 4.74 Å². The van der Waals surface area contributed by atoms with Crippen molar-refractivity contribution in [3.63, 3.8) is 0 Å². The van der Waals surface area contributed by atoms with Crippen molar-refractivity contribution in [3.05, 3.63) is 29.8 Å². The van der Waals surface area contributed by atoms with E-state index < -0.39 is 0 Å². The summed E-state index contributed by atoms with van der Waals surface area (Å²) in [5.41, 5.74) is 2.30. The van der Waals surface area contributed by atoms with E-state index in [-0.39, 0.29) is 5.60 Å². The average molecular weight is 372 g/mol. The fraction of sp³-hybridized carbons (Fsp3) is 0.760. The van der Waals surface area contributed by atoms with E-state index in [1.807, 2.05) is 0 Å². The van der Waals surface area contributed by atoms with Gasteiger partial charge in [0.05, 0.1) is 0 Å². The third-order valence-electron chi connectivity index (χ3n) is 7.25. The summed E-state index contributed by atoms with van der Waals surface area (Å²) in [4.78, 5) is 2.60. The zero-order valence-electron chi connectivity index (χ0n) is 18.8. The lowest BCUT2D eigenvalue weighted by molar-refractivity contribution is -0.0585. The van der Waals surface area contributed by atoms with Crippen molar-refractivity contribution in [2.75, 3.05) is 7.05 Å². The van der Waals surface area contributed by atoms with Gasteiger partial charge in [0.2, 0.25) is 0 Å². The lowest BCUT2D eigenvalue weighted by atomic mass is 9.51. The number of benzene rings is 1. The Kier molecular flexibility index (Phi) is 5.70. The van der Waals surface area contributed by atoms with E-state index in [0.717, 1.165) is 18.2 Å². The van der Waals surface area contributed by atoms with Crippen molar-refractivity contribution in [3.8, 4) is 5.75 Å². The van der Waals surface area contributed by atoms with E-state index in [4.69, 9.17) is 4.74 Å². The molecule has 27 heavy (non-hydrogen) atoms. The smallest absolute Gasteiger partial charge is 0.120 e. The van der Waals surface area contributed by atoms with Crippen LogP contribution in [0.5, 0.6) is 5.75 Å². The minimum Gasteiger partial charge on any atom is -0.488 e. The first-order valence-electron chi connectivity index (χ1n) is 11.0. The van der Waals surface area contributed by atoms with Gasteiger partial charge in [-0.05, 0) is 94.4 Å². The Balaban J connectivity index is 1.61. The zero-order chi connectivity index (χ0) is 19.9. The lowest BCUT2D eigenvalue weighted by Crippen LogP contribution is -2.50. The quantitative estimate of drug-likeness (QED) is 0.585. The van der Waals surface area contributed by atoms with Crippen LogP contribution in [0.25, 0.3) is 0 Å². The second kappa shape index (κ2) is 7.43. The summed E-state index contributed by atoms with van der Waals surface area (Å²) < 4.78 is 5.96. The van der Waals surface area contributed by atoms with Gasteiger partial charge in [-0.1, -0.05) is 39.3 Å². The Morgan fingerprint density at radius 1 is 1.04 bits per heavy atom. The SMILES string of the molecule is CN(Cc1ccc(OC(C)(C)C)cc1)C1CCC2C(C)(C)CCCC2(C)C1. The van der Waals surface area contributed by atoms with Gasteiger partial charge in [-0.25, -0.2) is 0 Å². The summed E-state index contributed by atoms with van der Waals surface area (Å²) in [6.07, 6.45) is 8.36. The molecule has 1 aromatic carbocycles. The van der Waals surface area contributed by atoms with Gasteiger partial charge in [0.1, 0.15) is 11.4 Å². The second-order valence-corrected chi connectivity index (χ2v) is 11.3. The first-order valence-corrected chi connectivity index (χ1v) is 11.0. The largest absolute Gasteiger partial charge is 0.488 e. The summed E-state index contributed by atoms with van der Waals surface area (Å²) in [6, 6.07) is 9.42. The minimum absolute atomic E-state index is 0.139. The molecule has 0 amide bonds. The Morgan fingerprint density at radius 3 is 2.33 bits per heavy atom. The van der Waals surface area contributed by atoms with Gasteiger partial charge < -0.3 is 4.74 Å². The number of hydrogen-bond donors (Lipinski definition) is 0. The molecule has 0 spiro atoms. The van der Waals surface area contributed by atoms with Crippen LogP contribution in [0.2, 0.25) is 0 Å². The second-order valence-electron chi connectivity index (χ2n) is 11.3. The van der Waals surface area contributed by atoms with Gasteiger partial charge in [0.15, 0.2) is 0 Å². The topological polar surface area (TPSA) is 12.5 Å². The predicted molar refractivity (Wildman–Crippen MR) is 115 cm³/mol. The predicted octanol–water partition coefficient (Wildman–Crippen LogP) is 6.68. The highest BCUT2D eigenvalue weighted by Crippen LogP contribution is 2.58. The Hall–Kier alpha value is -1.02. The molecule has 2 nitrogen and oxygen atoms in total. The Bertz CT molecular complexity index is 627. The molecule has 2 saturated carbocycles. The van der Waals surface area contributed by atoms with E-state index in [1.54, 1.807) is 0 Å². The Morgan fingerprint density at radius 2 is 1.70 bits per heavy atom. The van der Waals surface area contributed by atoms with Crippen molar-refractivity contribution >= 4 is 0 Å². The van der Waals surface area contributed by atoms with Gasteiger partial charge in [-0.3, -0.25) is 4.90 Å². The molecule has 0 aromatic heterocycles. The molecule has 0 saturated heterocycles. The molecule has 0 N–H and O–H groups in total. The maximum absolute atomic E-state index is 5.96. The van der Waals surface area contributed by atoms with Crippen LogP contribution >= 0.6 is 0 Å². The monoisotopic (exact) mass is 371 g/mol. The van der Waals surface area contributed by atoms with Gasteiger partial charge in [0, 0.05) is 12.6 Å². The van der Waals surface area contributed by atoms with E-state index >= 15 is 0 Å². The molecule has 2 fully saturated rings.